The van der Waals surface area contributed by atoms with E-state index in [4.69, 9.17) is 12.2 Å². The van der Waals surface area contributed by atoms with Crippen molar-refractivity contribution in [1.82, 2.24) is 0 Å². The standard InChI is InChI=1S/ClH.Co.H2O3Se/c;;1-4(2)3/h1H;;(H2,1,2,3). The fraction of sp³-hybridized carbons (Fsp3) is 0. The molecular weight excluding hydrogens is 221 g/mol. The molecule has 0 aliphatic carbocycles. The van der Waals surface area contributed by atoms with E-state index in [2.05, 4.69) is 0 Å². The molecular formula is H3ClCoO3Se. The zero-order valence-electron chi connectivity index (χ0n) is 2.45. The summed E-state index contributed by atoms with van der Waals surface area (Å²) in [5.74, 6) is 0. The van der Waals surface area contributed by atoms with E-state index in [1.807, 2.05) is 0 Å². The summed E-state index contributed by atoms with van der Waals surface area (Å²) in [6.07, 6.45) is 0. The Kier molecular flexibility index (Phi) is 24.6. The second kappa shape index (κ2) is 9.40. The van der Waals surface area contributed by atoms with Crippen LogP contribution in [0.5, 0.6) is 0 Å². The fourth-order valence-electron chi connectivity index (χ4n) is 0. The van der Waals surface area contributed by atoms with Crippen LogP contribution in [0.2, 0.25) is 0 Å². The summed E-state index contributed by atoms with van der Waals surface area (Å²) in [6, 6.07) is 0. The molecule has 0 aromatic rings. The van der Waals surface area contributed by atoms with Crippen molar-refractivity contribution in [2.45, 2.75) is 0 Å². The van der Waals surface area contributed by atoms with Crippen LogP contribution in [0, 0.1) is 0 Å². The molecule has 6 heteroatoms. The van der Waals surface area contributed by atoms with Gasteiger partial charge in [0.25, 0.3) is 0 Å². The van der Waals surface area contributed by atoms with Crippen molar-refractivity contribution in [1.29, 1.82) is 0 Å². The molecule has 43 valence electrons. The SMILES string of the molecule is Cl.O=[Se](O)O.[Co]. The van der Waals surface area contributed by atoms with E-state index >= 15 is 0 Å². The maximum atomic E-state index is 8.76. The van der Waals surface area contributed by atoms with Gasteiger partial charge in [-0.1, -0.05) is 0 Å². The van der Waals surface area contributed by atoms with Gasteiger partial charge in [-0.2, -0.15) is 0 Å². The smallest absolute Gasteiger partial charge is 0 e. The van der Waals surface area contributed by atoms with Crippen LogP contribution in [0.3, 0.4) is 0 Å². The van der Waals surface area contributed by atoms with E-state index in [0.29, 0.717) is 0 Å². The number of hydrogen-bond donors (Lipinski definition) is 2. The van der Waals surface area contributed by atoms with Crippen LogP contribution in [-0.4, -0.2) is 22.9 Å². The van der Waals surface area contributed by atoms with E-state index in [1.54, 1.807) is 0 Å². The quantitative estimate of drug-likeness (QED) is 0.509. The van der Waals surface area contributed by atoms with Crippen LogP contribution >= 0.6 is 12.4 Å². The summed E-state index contributed by atoms with van der Waals surface area (Å²) in [6.45, 7) is 0. The summed E-state index contributed by atoms with van der Waals surface area (Å²) < 4.78 is 23.1. The van der Waals surface area contributed by atoms with Crippen LogP contribution in [0.1, 0.15) is 0 Å². The van der Waals surface area contributed by atoms with Crippen molar-refractivity contribution in [2.24, 2.45) is 0 Å². The number of rotatable bonds is 0. The molecule has 0 saturated carbocycles. The van der Waals surface area contributed by atoms with Crippen molar-refractivity contribution >= 4 is 26.9 Å². The van der Waals surface area contributed by atoms with Crippen molar-refractivity contribution in [3.05, 3.63) is 0 Å². The zero-order chi connectivity index (χ0) is 3.58. The monoisotopic (exact) mass is 225 g/mol. The van der Waals surface area contributed by atoms with Crippen molar-refractivity contribution in [2.75, 3.05) is 0 Å². The van der Waals surface area contributed by atoms with Gasteiger partial charge >= 0.3 is 26.7 Å². The molecule has 6 heavy (non-hydrogen) atoms. The van der Waals surface area contributed by atoms with E-state index in [-0.39, 0.29) is 29.2 Å². The van der Waals surface area contributed by atoms with Gasteiger partial charge in [0.15, 0.2) is 0 Å². The van der Waals surface area contributed by atoms with Gasteiger partial charge in [0.1, 0.15) is 0 Å². The van der Waals surface area contributed by atoms with Crippen LogP contribution in [-0.2, 0) is 20.6 Å². The van der Waals surface area contributed by atoms with Gasteiger partial charge in [-0.3, -0.25) is 0 Å². The minimum Gasteiger partial charge on any atom is 0 e. The molecule has 0 rings (SSSR count). The van der Waals surface area contributed by atoms with Gasteiger partial charge in [0, 0.05) is 16.8 Å². The maximum absolute atomic E-state index is 8.76. The number of halogens is 1. The van der Waals surface area contributed by atoms with E-state index in [1.165, 1.54) is 0 Å². The molecule has 0 aromatic carbocycles. The first-order valence-corrected chi connectivity index (χ1v) is 2.76. The molecule has 0 saturated heterocycles. The molecule has 0 fully saturated rings. The molecule has 0 aliphatic rings. The van der Waals surface area contributed by atoms with Gasteiger partial charge in [0.05, 0.1) is 0 Å². The van der Waals surface area contributed by atoms with E-state index in [9.17, 15) is 0 Å². The Bertz CT molecular complexity index is 33.8. The van der Waals surface area contributed by atoms with Crippen LogP contribution in [0.25, 0.3) is 0 Å². The van der Waals surface area contributed by atoms with Gasteiger partial charge < -0.3 is 0 Å². The van der Waals surface area contributed by atoms with E-state index < -0.39 is 14.5 Å². The fourth-order valence-corrected chi connectivity index (χ4v) is 0. The van der Waals surface area contributed by atoms with Crippen molar-refractivity contribution < 1.29 is 29.0 Å². The molecule has 0 unspecified atom stereocenters. The minimum absolute atomic E-state index is 0. The Balaban J connectivity index is -0.0000000450. The molecule has 0 bridgehead atoms. The van der Waals surface area contributed by atoms with Crippen molar-refractivity contribution in [3.8, 4) is 0 Å². The molecule has 0 spiro atoms. The maximum Gasteiger partial charge on any atom is 0 e. The summed E-state index contributed by atoms with van der Waals surface area (Å²) >= 11 is -3.29. The molecule has 0 heterocycles. The molecule has 3 nitrogen and oxygen atoms in total. The average Bonchev–Trinajstić information content (AvgIpc) is 0.811. The Morgan fingerprint density at radius 1 is 1.33 bits per heavy atom. The third kappa shape index (κ3) is 76.4. The molecule has 0 aliphatic heterocycles. The molecule has 1 radical (unpaired) electrons. The topological polar surface area (TPSA) is 57.5 Å². The molecule has 0 atom stereocenters. The van der Waals surface area contributed by atoms with Crippen LogP contribution < -0.4 is 0 Å². The first-order valence-electron chi connectivity index (χ1n) is 0.532. The van der Waals surface area contributed by atoms with Gasteiger partial charge in [-0.05, 0) is 0 Å². The summed E-state index contributed by atoms with van der Waals surface area (Å²) in [5.41, 5.74) is 0. The second-order valence-electron chi connectivity index (χ2n) is 0.231. The Labute approximate surface area is 56.1 Å². The first kappa shape index (κ1) is 15.7. The van der Waals surface area contributed by atoms with E-state index in [0.717, 1.165) is 0 Å². The predicted molar refractivity (Wildman–Crippen MR) is 18.1 cm³/mol. The summed E-state index contributed by atoms with van der Waals surface area (Å²) in [4.78, 5) is 0. The van der Waals surface area contributed by atoms with Gasteiger partial charge in [0.2, 0.25) is 0 Å². The number of hydrogen-bond acceptors (Lipinski definition) is 1. The summed E-state index contributed by atoms with van der Waals surface area (Å²) in [7, 11) is 0. The Hall–Kier alpha value is 1.04. The largest absolute Gasteiger partial charge is 0 e. The third-order valence-electron chi connectivity index (χ3n) is 0. The van der Waals surface area contributed by atoms with Crippen LogP contribution in [0.15, 0.2) is 0 Å². The average molecular weight is 224 g/mol. The van der Waals surface area contributed by atoms with Gasteiger partial charge in [-0.15, -0.1) is 12.4 Å². The molecule has 0 aromatic heterocycles. The predicted octanol–water partition coefficient (Wildman–Crippen LogP) is -1.19. The van der Waals surface area contributed by atoms with Crippen molar-refractivity contribution in [3.63, 3.8) is 0 Å². The molecule has 0 amide bonds. The Morgan fingerprint density at radius 3 is 1.33 bits per heavy atom. The third-order valence-corrected chi connectivity index (χ3v) is 0. The first-order chi connectivity index (χ1) is 1.73. The van der Waals surface area contributed by atoms with Gasteiger partial charge in [-0.25, -0.2) is 0 Å². The second-order valence-corrected chi connectivity index (χ2v) is 1.20. The Morgan fingerprint density at radius 2 is 1.33 bits per heavy atom. The normalized spacial score (nSPS) is 5.83. The minimum atomic E-state index is -3.29. The summed E-state index contributed by atoms with van der Waals surface area (Å²) in [5, 5.41) is 0. The zero-order valence-corrected chi connectivity index (χ0v) is 6.02. The van der Waals surface area contributed by atoms with Crippen LogP contribution in [0.4, 0.5) is 0 Å². The molecule has 2 N–H and O–H groups in total.